The lowest BCUT2D eigenvalue weighted by molar-refractivity contribution is -0.0496. The van der Waals surface area contributed by atoms with Crippen LogP contribution in [0.15, 0.2) is 16.8 Å². The molecule has 1 saturated heterocycles. The second kappa shape index (κ2) is 4.71. The summed E-state index contributed by atoms with van der Waals surface area (Å²) in [6.07, 6.45) is 6.80. The van der Waals surface area contributed by atoms with Gasteiger partial charge in [-0.2, -0.15) is 11.3 Å². The van der Waals surface area contributed by atoms with Crippen LogP contribution >= 0.6 is 11.3 Å². The summed E-state index contributed by atoms with van der Waals surface area (Å²) in [4.78, 5) is 2.42. The zero-order valence-corrected chi connectivity index (χ0v) is 11.1. The lowest BCUT2D eigenvalue weighted by Crippen LogP contribution is -2.57. The van der Waals surface area contributed by atoms with Gasteiger partial charge in [0, 0.05) is 19.6 Å². The first-order valence-corrected chi connectivity index (χ1v) is 7.64. The molecule has 0 bridgehead atoms. The fraction of sp³-hybridized carbons (Fsp3) is 0.714. The first kappa shape index (κ1) is 11.7. The zero-order valence-electron chi connectivity index (χ0n) is 10.3. The van der Waals surface area contributed by atoms with E-state index in [9.17, 15) is 5.11 Å². The SMILES string of the molecule is OC(CN1CC2(CCCCC2)C1)c1ccsc1. The number of hydrogen-bond donors (Lipinski definition) is 1. The number of hydrogen-bond acceptors (Lipinski definition) is 3. The average molecular weight is 251 g/mol. The van der Waals surface area contributed by atoms with Gasteiger partial charge in [0.2, 0.25) is 0 Å². The molecule has 0 amide bonds. The number of thiophene rings is 1. The predicted molar refractivity (Wildman–Crippen MR) is 71.2 cm³/mol. The summed E-state index contributed by atoms with van der Waals surface area (Å²) in [5, 5.41) is 14.2. The third kappa shape index (κ3) is 2.42. The van der Waals surface area contributed by atoms with Gasteiger partial charge in [-0.05, 0) is 40.6 Å². The molecule has 1 N–H and O–H groups in total. The number of β-amino-alcohol motifs (C(OH)–C–C–N with tert-alkyl or cyclic N) is 1. The van der Waals surface area contributed by atoms with Gasteiger partial charge in [-0.3, -0.25) is 4.90 Å². The fourth-order valence-electron chi connectivity index (χ4n) is 3.46. The molecule has 1 aliphatic heterocycles. The van der Waals surface area contributed by atoms with Crippen LogP contribution in [0.25, 0.3) is 0 Å². The average Bonchev–Trinajstić information content (AvgIpc) is 2.81. The predicted octanol–water partition coefficient (Wildman–Crippen LogP) is 3.05. The minimum atomic E-state index is -0.290. The molecule has 2 aliphatic rings. The van der Waals surface area contributed by atoms with Crippen LogP contribution in [0, 0.1) is 5.41 Å². The Morgan fingerprint density at radius 1 is 1.29 bits per heavy atom. The van der Waals surface area contributed by atoms with E-state index in [0.717, 1.165) is 12.1 Å². The molecule has 1 aromatic heterocycles. The molecule has 3 heteroatoms. The second-order valence-electron chi connectivity index (χ2n) is 5.80. The molecule has 17 heavy (non-hydrogen) atoms. The monoisotopic (exact) mass is 251 g/mol. The van der Waals surface area contributed by atoms with Gasteiger partial charge < -0.3 is 5.11 Å². The maximum atomic E-state index is 10.1. The van der Waals surface area contributed by atoms with Crippen LogP contribution in [0.4, 0.5) is 0 Å². The van der Waals surface area contributed by atoms with E-state index < -0.39 is 0 Å². The van der Waals surface area contributed by atoms with E-state index in [1.807, 2.05) is 11.4 Å². The standard InChI is InChI=1S/C14H21NOS/c16-13(12-4-7-17-9-12)8-15-10-14(11-15)5-2-1-3-6-14/h4,7,9,13,16H,1-3,5-6,8,10-11H2. The Labute approximate surface area is 107 Å². The summed E-state index contributed by atoms with van der Waals surface area (Å²) in [6, 6.07) is 2.03. The molecule has 1 atom stereocenters. The van der Waals surface area contributed by atoms with Gasteiger partial charge in [0.1, 0.15) is 0 Å². The van der Waals surface area contributed by atoms with Crippen molar-refractivity contribution in [3.05, 3.63) is 22.4 Å². The molecule has 2 nitrogen and oxygen atoms in total. The molecule has 1 unspecified atom stereocenters. The lowest BCUT2D eigenvalue weighted by atomic mass is 9.68. The summed E-state index contributed by atoms with van der Waals surface area (Å²) >= 11 is 1.66. The third-order valence-corrected chi connectivity index (χ3v) is 5.09. The molecule has 94 valence electrons. The molecule has 3 rings (SSSR count). The Kier molecular flexibility index (Phi) is 3.24. The van der Waals surface area contributed by atoms with E-state index in [-0.39, 0.29) is 6.10 Å². The van der Waals surface area contributed by atoms with Crippen molar-refractivity contribution in [3.63, 3.8) is 0 Å². The number of aliphatic hydroxyl groups excluding tert-OH is 1. The number of aliphatic hydroxyl groups is 1. The maximum Gasteiger partial charge on any atom is 0.0924 e. The fourth-order valence-corrected chi connectivity index (χ4v) is 4.17. The molecule has 2 heterocycles. The van der Waals surface area contributed by atoms with Crippen molar-refractivity contribution in [1.82, 2.24) is 4.90 Å². The van der Waals surface area contributed by atoms with E-state index in [1.165, 1.54) is 45.2 Å². The van der Waals surface area contributed by atoms with Crippen LogP contribution in [0.3, 0.4) is 0 Å². The lowest BCUT2D eigenvalue weighted by Gasteiger charge is -2.53. The van der Waals surface area contributed by atoms with Gasteiger partial charge in [0.05, 0.1) is 6.10 Å². The van der Waals surface area contributed by atoms with E-state index >= 15 is 0 Å². The first-order chi connectivity index (χ1) is 8.27. The van der Waals surface area contributed by atoms with Crippen LogP contribution in [0.2, 0.25) is 0 Å². The van der Waals surface area contributed by atoms with Crippen LogP contribution < -0.4 is 0 Å². The smallest absolute Gasteiger partial charge is 0.0924 e. The highest BCUT2D eigenvalue weighted by atomic mass is 32.1. The van der Waals surface area contributed by atoms with E-state index in [2.05, 4.69) is 10.3 Å². The normalized spacial score (nSPS) is 25.7. The summed E-state index contributed by atoms with van der Waals surface area (Å²) in [7, 11) is 0. The Morgan fingerprint density at radius 2 is 2.06 bits per heavy atom. The van der Waals surface area contributed by atoms with Crippen molar-refractivity contribution in [2.24, 2.45) is 5.41 Å². The van der Waals surface area contributed by atoms with Crippen molar-refractivity contribution >= 4 is 11.3 Å². The molecule has 1 aromatic rings. The Hall–Kier alpha value is -0.380. The second-order valence-corrected chi connectivity index (χ2v) is 6.58. The van der Waals surface area contributed by atoms with Crippen molar-refractivity contribution in [2.75, 3.05) is 19.6 Å². The Morgan fingerprint density at radius 3 is 2.71 bits per heavy atom. The minimum Gasteiger partial charge on any atom is -0.387 e. The van der Waals surface area contributed by atoms with Crippen LogP contribution in [-0.4, -0.2) is 29.6 Å². The largest absolute Gasteiger partial charge is 0.387 e. The summed E-state index contributed by atoms with van der Waals surface area (Å²) in [5.41, 5.74) is 1.71. The van der Waals surface area contributed by atoms with E-state index in [4.69, 9.17) is 0 Å². The first-order valence-electron chi connectivity index (χ1n) is 6.70. The minimum absolute atomic E-state index is 0.290. The molecule has 1 aliphatic carbocycles. The summed E-state index contributed by atoms with van der Waals surface area (Å²) in [5.74, 6) is 0. The molecule has 1 saturated carbocycles. The molecular weight excluding hydrogens is 230 g/mol. The van der Waals surface area contributed by atoms with Crippen molar-refractivity contribution in [3.8, 4) is 0 Å². The molecule has 1 spiro atoms. The molecular formula is C14H21NOS. The summed E-state index contributed by atoms with van der Waals surface area (Å²) in [6.45, 7) is 3.25. The molecule has 0 aromatic carbocycles. The zero-order chi connectivity index (χ0) is 11.7. The maximum absolute atomic E-state index is 10.1. The molecule has 0 radical (unpaired) electrons. The van der Waals surface area contributed by atoms with Crippen LogP contribution in [0.1, 0.15) is 43.8 Å². The van der Waals surface area contributed by atoms with Gasteiger partial charge in [-0.15, -0.1) is 0 Å². The highest BCUT2D eigenvalue weighted by molar-refractivity contribution is 7.07. The van der Waals surface area contributed by atoms with Gasteiger partial charge in [0.15, 0.2) is 0 Å². The third-order valence-electron chi connectivity index (χ3n) is 4.39. The highest BCUT2D eigenvalue weighted by Gasteiger charge is 2.43. The van der Waals surface area contributed by atoms with Gasteiger partial charge in [0.25, 0.3) is 0 Å². The summed E-state index contributed by atoms with van der Waals surface area (Å²) < 4.78 is 0. The Bertz CT molecular complexity index is 348. The van der Waals surface area contributed by atoms with Crippen molar-refractivity contribution < 1.29 is 5.11 Å². The van der Waals surface area contributed by atoms with Crippen LogP contribution in [-0.2, 0) is 0 Å². The van der Waals surface area contributed by atoms with Crippen LogP contribution in [0.5, 0.6) is 0 Å². The highest BCUT2D eigenvalue weighted by Crippen LogP contribution is 2.44. The van der Waals surface area contributed by atoms with Crippen molar-refractivity contribution in [2.45, 2.75) is 38.2 Å². The number of likely N-dealkylation sites (tertiary alicyclic amines) is 1. The topological polar surface area (TPSA) is 23.5 Å². The van der Waals surface area contributed by atoms with Gasteiger partial charge >= 0.3 is 0 Å². The molecule has 2 fully saturated rings. The quantitative estimate of drug-likeness (QED) is 0.892. The van der Waals surface area contributed by atoms with Gasteiger partial charge in [-0.25, -0.2) is 0 Å². The number of rotatable bonds is 3. The Balaban J connectivity index is 1.49. The van der Waals surface area contributed by atoms with E-state index in [1.54, 1.807) is 11.3 Å². The number of nitrogens with zero attached hydrogens (tertiary/aromatic N) is 1. The van der Waals surface area contributed by atoms with E-state index in [0.29, 0.717) is 5.41 Å². The van der Waals surface area contributed by atoms with Crippen molar-refractivity contribution in [1.29, 1.82) is 0 Å². The van der Waals surface area contributed by atoms with Gasteiger partial charge in [-0.1, -0.05) is 19.3 Å².